The second-order valence-corrected chi connectivity index (χ2v) is 9.86. The van der Waals surface area contributed by atoms with Crippen molar-refractivity contribution in [3.63, 3.8) is 0 Å². The monoisotopic (exact) mass is 396 g/mol. The Labute approximate surface area is 133 Å². The van der Waals surface area contributed by atoms with Gasteiger partial charge in [-0.05, 0) is 41.1 Å². The molecule has 1 saturated heterocycles. The Morgan fingerprint density at radius 1 is 1.29 bits per heavy atom. The van der Waals surface area contributed by atoms with Gasteiger partial charge in [-0.2, -0.15) is 4.31 Å². The van der Waals surface area contributed by atoms with Gasteiger partial charge in [-0.1, -0.05) is 0 Å². The van der Waals surface area contributed by atoms with Gasteiger partial charge in [0, 0.05) is 36.4 Å². The van der Waals surface area contributed by atoms with E-state index in [1.165, 1.54) is 22.5 Å². The molecule has 0 radical (unpaired) electrons. The van der Waals surface area contributed by atoms with Gasteiger partial charge < -0.3 is 5.32 Å². The van der Waals surface area contributed by atoms with Gasteiger partial charge in [-0.3, -0.25) is 0 Å². The van der Waals surface area contributed by atoms with E-state index in [9.17, 15) is 16.8 Å². The van der Waals surface area contributed by atoms with Crippen LogP contribution in [0.15, 0.2) is 32.5 Å². The van der Waals surface area contributed by atoms with Crippen LogP contribution in [-0.2, 0) is 19.9 Å². The lowest BCUT2D eigenvalue weighted by molar-refractivity contribution is 0.310. The molecule has 21 heavy (non-hydrogen) atoms. The lowest BCUT2D eigenvalue weighted by Gasteiger charge is -2.31. The molecule has 0 bridgehead atoms. The Morgan fingerprint density at radius 3 is 2.52 bits per heavy atom. The van der Waals surface area contributed by atoms with Gasteiger partial charge in [0.05, 0.1) is 9.79 Å². The third-order valence-electron chi connectivity index (χ3n) is 3.28. The summed E-state index contributed by atoms with van der Waals surface area (Å²) >= 11 is 3.20. The van der Waals surface area contributed by atoms with Gasteiger partial charge in [0.15, 0.2) is 9.84 Å². The molecular formula is C12H17BrN2O4S2. The van der Waals surface area contributed by atoms with Crippen molar-refractivity contribution in [1.82, 2.24) is 9.62 Å². The minimum atomic E-state index is -3.73. The van der Waals surface area contributed by atoms with Crippen molar-refractivity contribution in [3.05, 3.63) is 22.7 Å². The van der Waals surface area contributed by atoms with Crippen molar-refractivity contribution >= 4 is 35.8 Å². The van der Waals surface area contributed by atoms with Crippen molar-refractivity contribution in [2.75, 3.05) is 25.9 Å². The standard InChI is InChI=1S/C12H17BrN2O4S2/c1-9-8-15(6-5-14-9)21(18,19)12-7-10(20(2,16)17)3-4-11(12)13/h3-4,7,9,14H,5-6,8H2,1-2H3/t9-/m1/s1. The number of hydrogen-bond donors (Lipinski definition) is 1. The highest BCUT2D eigenvalue weighted by atomic mass is 79.9. The summed E-state index contributed by atoms with van der Waals surface area (Å²) in [4.78, 5) is -0.0213. The molecule has 118 valence electrons. The number of piperazine rings is 1. The first-order chi connectivity index (χ1) is 9.62. The van der Waals surface area contributed by atoms with E-state index in [-0.39, 0.29) is 15.8 Å². The molecular weight excluding hydrogens is 380 g/mol. The Bertz CT molecular complexity index is 747. The van der Waals surface area contributed by atoms with Gasteiger partial charge in [-0.15, -0.1) is 0 Å². The Balaban J connectivity index is 2.49. The summed E-state index contributed by atoms with van der Waals surface area (Å²) in [6, 6.07) is 4.11. The van der Waals surface area contributed by atoms with Gasteiger partial charge in [0.1, 0.15) is 0 Å². The molecule has 0 amide bonds. The van der Waals surface area contributed by atoms with Crippen molar-refractivity contribution in [2.24, 2.45) is 0 Å². The summed E-state index contributed by atoms with van der Waals surface area (Å²) in [6.07, 6.45) is 1.06. The lowest BCUT2D eigenvalue weighted by atomic mass is 10.3. The van der Waals surface area contributed by atoms with E-state index < -0.39 is 19.9 Å². The van der Waals surface area contributed by atoms with Crippen molar-refractivity contribution in [2.45, 2.75) is 22.8 Å². The zero-order valence-electron chi connectivity index (χ0n) is 11.7. The summed E-state index contributed by atoms with van der Waals surface area (Å²) in [5.74, 6) is 0. The fourth-order valence-electron chi connectivity index (χ4n) is 2.17. The third-order valence-corrected chi connectivity index (χ3v) is 7.25. The van der Waals surface area contributed by atoms with Crippen LogP contribution < -0.4 is 5.32 Å². The highest BCUT2D eigenvalue weighted by molar-refractivity contribution is 9.10. The van der Waals surface area contributed by atoms with Gasteiger partial charge in [0.25, 0.3) is 0 Å². The van der Waals surface area contributed by atoms with Crippen LogP contribution in [0.5, 0.6) is 0 Å². The molecule has 0 aliphatic carbocycles. The second kappa shape index (κ2) is 5.96. The Kier molecular flexibility index (Phi) is 4.79. The number of sulfonamides is 1. The van der Waals surface area contributed by atoms with Crippen molar-refractivity contribution < 1.29 is 16.8 Å². The summed E-state index contributed by atoms with van der Waals surface area (Å²) < 4.78 is 50.4. The van der Waals surface area contributed by atoms with Crippen LogP contribution in [0.1, 0.15) is 6.92 Å². The van der Waals surface area contributed by atoms with Crippen LogP contribution in [0.3, 0.4) is 0 Å². The Morgan fingerprint density at radius 2 is 1.95 bits per heavy atom. The predicted molar refractivity (Wildman–Crippen MR) is 83.5 cm³/mol. The van der Waals surface area contributed by atoms with E-state index in [0.717, 1.165) is 6.26 Å². The number of sulfone groups is 1. The number of nitrogens with zero attached hydrogens (tertiary/aromatic N) is 1. The Hall–Kier alpha value is -0.480. The van der Waals surface area contributed by atoms with Crippen LogP contribution in [0.4, 0.5) is 0 Å². The third kappa shape index (κ3) is 3.65. The summed E-state index contributed by atoms with van der Waals surface area (Å²) in [5, 5.41) is 3.17. The van der Waals surface area contributed by atoms with Gasteiger partial charge in [-0.25, -0.2) is 16.8 Å². The fourth-order valence-corrected chi connectivity index (χ4v) is 5.37. The van der Waals surface area contributed by atoms with Crippen molar-refractivity contribution in [3.8, 4) is 0 Å². The van der Waals surface area contributed by atoms with E-state index in [1.54, 1.807) is 0 Å². The minimum Gasteiger partial charge on any atom is -0.312 e. The van der Waals surface area contributed by atoms with Crippen LogP contribution in [0, 0.1) is 0 Å². The SMILES string of the molecule is C[C@@H]1CN(S(=O)(=O)c2cc(S(C)(=O)=O)ccc2Br)CCN1. The van der Waals surface area contributed by atoms with E-state index >= 15 is 0 Å². The van der Waals surface area contributed by atoms with E-state index in [0.29, 0.717) is 24.1 Å². The molecule has 1 atom stereocenters. The molecule has 1 aliphatic heterocycles. The quantitative estimate of drug-likeness (QED) is 0.817. The highest BCUT2D eigenvalue weighted by Gasteiger charge is 2.30. The lowest BCUT2D eigenvalue weighted by Crippen LogP contribution is -2.51. The van der Waals surface area contributed by atoms with Crippen molar-refractivity contribution in [1.29, 1.82) is 0 Å². The molecule has 1 aromatic carbocycles. The maximum absolute atomic E-state index is 12.7. The molecule has 9 heteroatoms. The maximum atomic E-state index is 12.7. The number of benzene rings is 1. The van der Waals surface area contributed by atoms with E-state index in [2.05, 4.69) is 21.2 Å². The first kappa shape index (κ1) is 16.9. The van der Waals surface area contributed by atoms with Crippen LogP contribution >= 0.6 is 15.9 Å². The van der Waals surface area contributed by atoms with E-state index in [1.807, 2.05) is 6.92 Å². The van der Waals surface area contributed by atoms with Crippen LogP contribution in [0.2, 0.25) is 0 Å². The zero-order chi connectivity index (χ0) is 15.8. The largest absolute Gasteiger partial charge is 0.312 e. The molecule has 1 N–H and O–H groups in total. The maximum Gasteiger partial charge on any atom is 0.244 e. The number of halogens is 1. The van der Waals surface area contributed by atoms with Crippen LogP contribution in [0.25, 0.3) is 0 Å². The molecule has 0 spiro atoms. The average molecular weight is 397 g/mol. The first-order valence-corrected chi connectivity index (χ1v) is 10.5. The molecule has 1 aliphatic rings. The topological polar surface area (TPSA) is 83.6 Å². The number of nitrogens with one attached hydrogen (secondary N) is 1. The molecule has 0 aromatic heterocycles. The normalized spacial score (nSPS) is 21.4. The zero-order valence-corrected chi connectivity index (χ0v) is 14.9. The average Bonchev–Trinajstić information content (AvgIpc) is 2.37. The molecule has 6 nitrogen and oxygen atoms in total. The molecule has 2 rings (SSSR count). The van der Waals surface area contributed by atoms with Crippen LogP contribution in [-0.4, -0.2) is 53.1 Å². The summed E-state index contributed by atoms with van der Waals surface area (Å²) in [5.41, 5.74) is 0. The minimum absolute atomic E-state index is 0.00698. The first-order valence-electron chi connectivity index (χ1n) is 6.35. The fraction of sp³-hybridized carbons (Fsp3) is 0.500. The smallest absolute Gasteiger partial charge is 0.244 e. The van der Waals surface area contributed by atoms with Gasteiger partial charge in [0.2, 0.25) is 10.0 Å². The molecule has 0 unspecified atom stereocenters. The van der Waals surface area contributed by atoms with E-state index in [4.69, 9.17) is 0 Å². The summed E-state index contributed by atoms with van der Waals surface area (Å²) in [7, 11) is -7.19. The molecule has 1 heterocycles. The molecule has 0 saturated carbocycles. The number of rotatable bonds is 3. The second-order valence-electron chi connectivity index (χ2n) is 5.08. The molecule has 1 aromatic rings. The number of hydrogen-bond acceptors (Lipinski definition) is 5. The predicted octanol–water partition coefficient (Wildman–Crippen LogP) is 0.835. The summed E-state index contributed by atoms with van der Waals surface area (Å²) in [6.45, 7) is 3.20. The molecule has 1 fully saturated rings. The van der Waals surface area contributed by atoms with Gasteiger partial charge >= 0.3 is 0 Å². The highest BCUT2D eigenvalue weighted by Crippen LogP contribution is 2.28.